The van der Waals surface area contributed by atoms with Crippen molar-refractivity contribution in [3.63, 3.8) is 0 Å². The van der Waals surface area contributed by atoms with Crippen LogP contribution < -0.4 is 4.74 Å². The molecule has 2 aromatic rings. The molecule has 0 spiro atoms. The number of methoxy groups -OCH3 is 1. The van der Waals surface area contributed by atoms with Crippen LogP contribution in [-0.4, -0.2) is 17.5 Å². The predicted molar refractivity (Wildman–Crippen MR) is 87.0 cm³/mol. The summed E-state index contributed by atoms with van der Waals surface area (Å²) in [5.74, 6) is 0.874. The summed E-state index contributed by atoms with van der Waals surface area (Å²) < 4.78 is 5.18. The van der Waals surface area contributed by atoms with Crippen molar-refractivity contribution in [3.8, 4) is 5.75 Å². The minimum absolute atomic E-state index is 0.260. The minimum atomic E-state index is 0.260. The number of rotatable bonds is 6. The molecule has 3 heteroatoms. The summed E-state index contributed by atoms with van der Waals surface area (Å²) in [6, 6.07) is 18.8. The van der Waals surface area contributed by atoms with E-state index in [9.17, 15) is 0 Å². The van der Waals surface area contributed by atoms with E-state index in [1.165, 1.54) is 11.1 Å². The van der Waals surface area contributed by atoms with Crippen LogP contribution in [0.3, 0.4) is 0 Å². The molecule has 0 aromatic heterocycles. The average Bonchev–Trinajstić information content (AvgIpc) is 2.53. The van der Waals surface area contributed by atoms with Crippen molar-refractivity contribution in [1.82, 2.24) is 4.90 Å². The van der Waals surface area contributed by atoms with Gasteiger partial charge in [-0.25, -0.2) is 0 Å². The van der Waals surface area contributed by atoms with Gasteiger partial charge in [-0.2, -0.15) is 0 Å². The van der Waals surface area contributed by atoms with Crippen LogP contribution in [0, 0.1) is 0 Å². The molecule has 0 aliphatic carbocycles. The molecule has 2 aromatic carbocycles. The molecule has 2 rings (SSSR count). The van der Waals surface area contributed by atoms with Crippen molar-refractivity contribution < 1.29 is 4.74 Å². The van der Waals surface area contributed by atoms with Crippen molar-refractivity contribution in [2.24, 2.45) is 0 Å². The standard InChI is InChI=1S/C17H19NOS/c1-14(16-6-4-3-5-7-16)18(13-20)12-15-8-10-17(19-2)11-9-15/h3-11,13-14H,12H2,1-2H3/t14-/m1/s1. The summed E-state index contributed by atoms with van der Waals surface area (Å²) in [5.41, 5.74) is 4.22. The van der Waals surface area contributed by atoms with Crippen LogP contribution in [0.2, 0.25) is 0 Å². The normalized spacial score (nSPS) is 11.7. The average molecular weight is 285 g/mol. The number of hydrogen-bond donors (Lipinski definition) is 0. The number of benzene rings is 2. The third kappa shape index (κ3) is 3.58. The predicted octanol–water partition coefficient (Wildman–Crippen LogP) is 4.22. The lowest BCUT2D eigenvalue weighted by molar-refractivity contribution is 0.344. The molecule has 2 nitrogen and oxygen atoms in total. The molecular formula is C17H19NOS. The highest BCUT2D eigenvalue weighted by Crippen LogP contribution is 2.21. The van der Waals surface area contributed by atoms with E-state index in [-0.39, 0.29) is 6.04 Å². The van der Waals surface area contributed by atoms with Crippen molar-refractivity contribution >= 4 is 17.7 Å². The van der Waals surface area contributed by atoms with Gasteiger partial charge in [0.25, 0.3) is 0 Å². The van der Waals surface area contributed by atoms with Gasteiger partial charge in [-0.3, -0.25) is 0 Å². The van der Waals surface area contributed by atoms with Gasteiger partial charge in [0.2, 0.25) is 0 Å². The third-order valence-electron chi connectivity index (χ3n) is 3.44. The first-order chi connectivity index (χ1) is 9.74. The van der Waals surface area contributed by atoms with E-state index in [1.807, 2.05) is 18.2 Å². The van der Waals surface area contributed by atoms with Gasteiger partial charge in [-0.1, -0.05) is 54.7 Å². The fraction of sp³-hybridized carbons (Fsp3) is 0.235. The second kappa shape index (κ2) is 7.06. The molecule has 20 heavy (non-hydrogen) atoms. The maximum atomic E-state index is 5.18. The molecular weight excluding hydrogens is 266 g/mol. The number of ether oxygens (including phenoxy) is 1. The largest absolute Gasteiger partial charge is 0.497 e. The lowest BCUT2D eigenvalue weighted by atomic mass is 10.1. The number of thiocarbonyl (C=S) groups is 1. The molecule has 0 radical (unpaired) electrons. The van der Waals surface area contributed by atoms with Crippen molar-refractivity contribution in [2.75, 3.05) is 7.11 Å². The molecule has 0 fully saturated rings. The molecule has 0 saturated heterocycles. The fourth-order valence-corrected chi connectivity index (χ4v) is 2.39. The first-order valence-electron chi connectivity index (χ1n) is 6.63. The number of nitrogens with zero attached hydrogens (tertiary/aromatic N) is 1. The highest BCUT2D eigenvalue weighted by Gasteiger charge is 2.12. The monoisotopic (exact) mass is 285 g/mol. The third-order valence-corrected chi connectivity index (χ3v) is 3.71. The van der Waals surface area contributed by atoms with E-state index in [0.717, 1.165) is 12.3 Å². The summed E-state index contributed by atoms with van der Waals surface area (Å²) in [6.07, 6.45) is 0. The Morgan fingerprint density at radius 3 is 2.30 bits per heavy atom. The van der Waals surface area contributed by atoms with E-state index in [2.05, 4.69) is 48.2 Å². The van der Waals surface area contributed by atoms with Gasteiger partial charge in [-0.05, 0) is 30.2 Å². The second-order valence-corrected chi connectivity index (χ2v) is 4.92. The van der Waals surface area contributed by atoms with Crippen LogP contribution in [0.5, 0.6) is 5.75 Å². The van der Waals surface area contributed by atoms with Gasteiger partial charge < -0.3 is 9.64 Å². The van der Waals surface area contributed by atoms with Crippen molar-refractivity contribution in [2.45, 2.75) is 19.5 Å². The van der Waals surface area contributed by atoms with E-state index in [1.54, 1.807) is 12.6 Å². The molecule has 0 amide bonds. The SMILES string of the molecule is COc1ccc(CN(C=S)[C@H](C)c2ccccc2)cc1. The van der Waals surface area contributed by atoms with E-state index in [0.29, 0.717) is 0 Å². The first kappa shape index (κ1) is 14.5. The fourth-order valence-electron chi connectivity index (χ4n) is 2.13. The summed E-state index contributed by atoms with van der Waals surface area (Å²) in [6.45, 7) is 2.96. The van der Waals surface area contributed by atoms with Crippen LogP contribution in [0.4, 0.5) is 0 Å². The highest BCUT2D eigenvalue weighted by atomic mass is 32.1. The second-order valence-electron chi connectivity index (χ2n) is 4.71. The Morgan fingerprint density at radius 1 is 1.10 bits per heavy atom. The molecule has 0 unspecified atom stereocenters. The maximum absolute atomic E-state index is 5.18. The molecule has 0 heterocycles. The van der Waals surface area contributed by atoms with Gasteiger partial charge in [-0.15, -0.1) is 0 Å². The highest BCUT2D eigenvalue weighted by molar-refractivity contribution is 7.78. The topological polar surface area (TPSA) is 12.5 Å². The minimum Gasteiger partial charge on any atom is -0.497 e. The summed E-state index contributed by atoms with van der Waals surface area (Å²) >= 11 is 5.17. The van der Waals surface area contributed by atoms with E-state index >= 15 is 0 Å². The molecule has 0 N–H and O–H groups in total. The maximum Gasteiger partial charge on any atom is 0.118 e. The van der Waals surface area contributed by atoms with E-state index in [4.69, 9.17) is 17.0 Å². The quantitative estimate of drug-likeness (QED) is 0.738. The zero-order valence-electron chi connectivity index (χ0n) is 11.8. The Kier molecular flexibility index (Phi) is 5.13. The summed E-state index contributed by atoms with van der Waals surface area (Å²) in [7, 11) is 1.68. The zero-order chi connectivity index (χ0) is 14.4. The summed E-state index contributed by atoms with van der Waals surface area (Å²) in [4.78, 5) is 2.16. The van der Waals surface area contributed by atoms with Gasteiger partial charge in [0.05, 0.1) is 18.6 Å². The van der Waals surface area contributed by atoms with Crippen LogP contribution >= 0.6 is 12.2 Å². The molecule has 0 aliphatic heterocycles. The van der Waals surface area contributed by atoms with Gasteiger partial charge in [0.1, 0.15) is 5.75 Å². The van der Waals surface area contributed by atoms with Crippen LogP contribution in [-0.2, 0) is 6.54 Å². The molecule has 0 saturated carbocycles. The van der Waals surface area contributed by atoms with Gasteiger partial charge >= 0.3 is 0 Å². The smallest absolute Gasteiger partial charge is 0.118 e. The lowest BCUT2D eigenvalue weighted by Crippen LogP contribution is -2.24. The number of hydrogen-bond acceptors (Lipinski definition) is 2. The first-order valence-corrected chi connectivity index (χ1v) is 7.10. The lowest BCUT2D eigenvalue weighted by Gasteiger charge is -2.27. The van der Waals surface area contributed by atoms with Crippen LogP contribution in [0.15, 0.2) is 54.6 Å². The van der Waals surface area contributed by atoms with Gasteiger partial charge in [0.15, 0.2) is 0 Å². The Morgan fingerprint density at radius 2 is 1.75 bits per heavy atom. The molecule has 0 bridgehead atoms. The molecule has 1 atom stereocenters. The Balaban J connectivity index is 2.10. The van der Waals surface area contributed by atoms with E-state index < -0.39 is 0 Å². The Hall–Kier alpha value is -1.87. The Bertz CT molecular complexity index is 539. The summed E-state index contributed by atoms with van der Waals surface area (Å²) in [5, 5.41) is 0. The molecule has 0 aliphatic rings. The zero-order valence-corrected chi connectivity index (χ0v) is 12.6. The van der Waals surface area contributed by atoms with Gasteiger partial charge in [0, 0.05) is 6.54 Å². The van der Waals surface area contributed by atoms with Crippen LogP contribution in [0.1, 0.15) is 24.1 Å². The Labute approximate surface area is 126 Å². The van der Waals surface area contributed by atoms with Crippen molar-refractivity contribution in [3.05, 3.63) is 65.7 Å². The molecule has 104 valence electrons. The van der Waals surface area contributed by atoms with Crippen LogP contribution in [0.25, 0.3) is 0 Å². The van der Waals surface area contributed by atoms with Crippen molar-refractivity contribution in [1.29, 1.82) is 0 Å².